The Morgan fingerprint density at radius 2 is 1.84 bits per heavy atom. The zero-order chi connectivity index (χ0) is 36.3. The summed E-state index contributed by atoms with van der Waals surface area (Å²) in [4.78, 5) is 74.5. The van der Waals surface area contributed by atoms with Crippen LogP contribution in [0.3, 0.4) is 0 Å². The Morgan fingerprint density at radius 1 is 1.06 bits per heavy atom. The average molecular weight is 717 g/mol. The van der Waals surface area contributed by atoms with Crippen LogP contribution in [0.25, 0.3) is 0 Å². The van der Waals surface area contributed by atoms with E-state index in [2.05, 4.69) is 25.9 Å². The molecule has 1 unspecified atom stereocenters. The molecule has 15 nitrogen and oxygen atoms in total. The smallest absolute Gasteiger partial charge is 0.271 e. The van der Waals surface area contributed by atoms with Crippen LogP contribution in [-0.2, 0) is 37.2 Å². The second-order valence-corrected chi connectivity index (χ2v) is 15.2. The molecule has 0 aliphatic carbocycles. The van der Waals surface area contributed by atoms with E-state index >= 15 is 0 Å². The largest absolute Gasteiger partial charge is 0.364 e. The van der Waals surface area contributed by atoms with E-state index in [9.17, 15) is 32.4 Å². The van der Waals surface area contributed by atoms with Gasteiger partial charge in [0.2, 0.25) is 17.7 Å². The summed E-state index contributed by atoms with van der Waals surface area (Å²) in [7, 11) is -3.37. The molecule has 0 radical (unpaired) electrons. The molecule has 5 N–H and O–H groups in total. The van der Waals surface area contributed by atoms with E-state index in [1.165, 1.54) is 23.2 Å². The molecule has 16 heteroatoms. The molecule has 0 saturated carbocycles. The summed E-state index contributed by atoms with van der Waals surface area (Å²) in [5.74, 6) is -1.14. The van der Waals surface area contributed by atoms with E-state index in [0.29, 0.717) is 62.4 Å². The van der Waals surface area contributed by atoms with Crippen LogP contribution in [0.4, 0.5) is 17.3 Å². The molecule has 2 aromatic carbocycles. The van der Waals surface area contributed by atoms with Crippen molar-refractivity contribution in [3.63, 3.8) is 0 Å². The number of piperidine rings is 2. The standard InChI is InChI=1S/C35H40N8O7S/c1-51(49,50)25-12-10-23(11-13-25)39-33-31(32(36)46)37-18-28(40-33)42-16-4-6-24(20-42)38-29(44)7-3-2-5-21-8-9-22-19-43(35(48)26(22)17-21)27-14-15-30(45)41-34(27)47/h8-13,17-18,24,27H,2-7,14-16,19-20H2,1H3,(H2,36,46)(H,38,44)(H,39,40)(H,41,45,47)/t24-,27?/m1/s1. The zero-order valence-corrected chi connectivity index (χ0v) is 29.0. The van der Waals surface area contributed by atoms with Gasteiger partial charge in [0.25, 0.3) is 11.8 Å². The number of nitrogens with zero attached hydrogens (tertiary/aromatic N) is 4. The summed E-state index contributed by atoms with van der Waals surface area (Å²) in [6.07, 6.45) is 7.19. The lowest BCUT2D eigenvalue weighted by Gasteiger charge is -2.34. The van der Waals surface area contributed by atoms with Crippen LogP contribution in [-0.4, -0.2) is 84.3 Å². The van der Waals surface area contributed by atoms with Gasteiger partial charge in [-0.2, -0.15) is 0 Å². The lowest BCUT2D eigenvalue weighted by molar-refractivity contribution is -0.137. The number of primary amides is 1. The summed E-state index contributed by atoms with van der Waals surface area (Å²) in [6, 6.07) is 11.0. The number of sulfone groups is 1. The fourth-order valence-electron chi connectivity index (χ4n) is 6.70. The summed E-state index contributed by atoms with van der Waals surface area (Å²) < 4.78 is 23.6. The number of hydrogen-bond donors (Lipinski definition) is 4. The van der Waals surface area contributed by atoms with Gasteiger partial charge >= 0.3 is 0 Å². The van der Waals surface area contributed by atoms with Crippen molar-refractivity contribution in [2.24, 2.45) is 5.73 Å². The minimum absolute atomic E-state index is 0.0547. The van der Waals surface area contributed by atoms with E-state index in [-0.39, 0.29) is 46.6 Å². The molecule has 6 rings (SSSR count). The number of benzene rings is 2. The molecule has 3 aliphatic rings. The minimum Gasteiger partial charge on any atom is -0.364 e. The Hall–Kier alpha value is -5.38. The monoisotopic (exact) mass is 716 g/mol. The second-order valence-electron chi connectivity index (χ2n) is 13.2. The Balaban J connectivity index is 0.989. The van der Waals surface area contributed by atoms with Crippen molar-refractivity contribution in [3.8, 4) is 0 Å². The van der Waals surface area contributed by atoms with Crippen LogP contribution in [0, 0.1) is 0 Å². The number of fused-ring (bicyclic) bond motifs is 1. The summed E-state index contributed by atoms with van der Waals surface area (Å²) in [5, 5.41) is 8.47. The number of anilines is 3. The Bertz CT molecular complexity index is 1990. The molecule has 0 spiro atoms. The fourth-order valence-corrected chi connectivity index (χ4v) is 7.33. The van der Waals surface area contributed by atoms with Crippen molar-refractivity contribution in [2.75, 3.05) is 29.6 Å². The van der Waals surface area contributed by atoms with Crippen molar-refractivity contribution in [2.45, 2.75) is 74.9 Å². The maximum Gasteiger partial charge on any atom is 0.271 e. The predicted octanol–water partition coefficient (Wildman–Crippen LogP) is 1.98. The fraction of sp³-hybridized carbons (Fsp3) is 0.400. The quantitative estimate of drug-likeness (QED) is 0.157. The van der Waals surface area contributed by atoms with E-state index < -0.39 is 27.7 Å². The van der Waals surface area contributed by atoms with Crippen molar-refractivity contribution >= 4 is 56.7 Å². The molecule has 1 aromatic heterocycles. The van der Waals surface area contributed by atoms with Crippen LogP contribution in [0.5, 0.6) is 0 Å². The van der Waals surface area contributed by atoms with E-state index in [1.54, 1.807) is 12.1 Å². The number of hydrogen-bond acceptors (Lipinski definition) is 11. The molecule has 0 bridgehead atoms. The van der Waals surface area contributed by atoms with E-state index in [1.807, 2.05) is 23.1 Å². The normalized spacial score (nSPS) is 19.0. The Kier molecular flexibility index (Phi) is 10.3. The average Bonchev–Trinajstić information content (AvgIpc) is 3.41. The molecule has 2 fully saturated rings. The van der Waals surface area contributed by atoms with Gasteiger partial charge < -0.3 is 26.2 Å². The third-order valence-corrected chi connectivity index (χ3v) is 10.5. The molecule has 2 atom stereocenters. The topological polar surface area (TPSA) is 214 Å². The molecule has 51 heavy (non-hydrogen) atoms. The number of unbranched alkanes of at least 4 members (excludes halogenated alkanes) is 1. The molecule has 268 valence electrons. The number of aryl methyl sites for hydroxylation is 1. The van der Waals surface area contributed by atoms with Crippen LogP contribution in [0.15, 0.2) is 53.6 Å². The highest BCUT2D eigenvalue weighted by Crippen LogP contribution is 2.29. The Labute approximate surface area is 295 Å². The van der Waals surface area contributed by atoms with Crippen LogP contribution >= 0.6 is 0 Å². The van der Waals surface area contributed by atoms with Gasteiger partial charge in [0, 0.05) is 56.0 Å². The lowest BCUT2D eigenvalue weighted by atomic mass is 10.0. The number of amides is 5. The molecular weight excluding hydrogens is 677 g/mol. The first-order chi connectivity index (χ1) is 24.4. The summed E-state index contributed by atoms with van der Waals surface area (Å²) >= 11 is 0. The SMILES string of the molecule is CS(=O)(=O)c1ccc(Nc2nc(N3CCC[C@@H](NC(=O)CCCCc4ccc5c(c4)C(=O)N(C4CCC(=O)NC4=O)C5)C3)cnc2C(N)=O)cc1. The minimum atomic E-state index is -3.37. The third kappa shape index (κ3) is 8.33. The van der Waals surface area contributed by atoms with Gasteiger partial charge in [-0.3, -0.25) is 29.3 Å². The van der Waals surface area contributed by atoms with Crippen LogP contribution in [0.1, 0.15) is 76.9 Å². The number of rotatable bonds is 12. The van der Waals surface area contributed by atoms with Crippen LogP contribution < -0.4 is 26.6 Å². The van der Waals surface area contributed by atoms with E-state index in [4.69, 9.17) is 5.73 Å². The summed E-state index contributed by atoms with van der Waals surface area (Å²) in [6.45, 7) is 1.51. The van der Waals surface area contributed by atoms with E-state index in [0.717, 1.165) is 36.6 Å². The van der Waals surface area contributed by atoms with Crippen molar-refractivity contribution in [1.29, 1.82) is 0 Å². The van der Waals surface area contributed by atoms with Gasteiger partial charge in [-0.25, -0.2) is 18.4 Å². The van der Waals surface area contributed by atoms with Gasteiger partial charge in [-0.1, -0.05) is 12.1 Å². The van der Waals surface area contributed by atoms with Gasteiger partial charge in [-0.05, 0) is 80.0 Å². The molecular formula is C35H40N8O7S. The predicted molar refractivity (Wildman–Crippen MR) is 187 cm³/mol. The number of nitrogens with one attached hydrogen (secondary N) is 3. The molecule has 5 amide bonds. The van der Waals surface area contributed by atoms with Crippen molar-refractivity contribution < 1.29 is 32.4 Å². The first kappa shape index (κ1) is 35.4. The van der Waals surface area contributed by atoms with Gasteiger partial charge in [0.1, 0.15) is 11.9 Å². The maximum absolute atomic E-state index is 13.1. The maximum atomic E-state index is 13.1. The number of carbonyl (C=O) groups excluding carboxylic acids is 5. The highest BCUT2D eigenvalue weighted by molar-refractivity contribution is 7.90. The highest BCUT2D eigenvalue weighted by atomic mass is 32.2. The van der Waals surface area contributed by atoms with Crippen molar-refractivity contribution in [1.82, 2.24) is 25.5 Å². The first-order valence-electron chi connectivity index (χ1n) is 16.9. The first-order valence-corrected chi connectivity index (χ1v) is 18.8. The molecule has 4 heterocycles. The number of imide groups is 1. The second kappa shape index (κ2) is 14.8. The number of aromatic nitrogens is 2. The molecule has 3 aromatic rings. The third-order valence-electron chi connectivity index (χ3n) is 9.36. The molecule has 2 saturated heterocycles. The zero-order valence-electron chi connectivity index (χ0n) is 28.2. The summed E-state index contributed by atoms with van der Waals surface area (Å²) in [5.41, 5.74) is 8.41. The lowest BCUT2D eigenvalue weighted by Crippen LogP contribution is -2.52. The van der Waals surface area contributed by atoms with Gasteiger partial charge in [0.05, 0.1) is 11.1 Å². The van der Waals surface area contributed by atoms with Gasteiger partial charge in [0.15, 0.2) is 21.3 Å². The number of carbonyl (C=O) groups is 5. The Morgan fingerprint density at radius 3 is 2.57 bits per heavy atom. The molecule has 3 aliphatic heterocycles. The van der Waals surface area contributed by atoms with Crippen molar-refractivity contribution in [3.05, 3.63) is 71.0 Å². The highest BCUT2D eigenvalue weighted by Gasteiger charge is 2.39. The van der Waals surface area contributed by atoms with Gasteiger partial charge in [-0.15, -0.1) is 0 Å². The number of nitrogens with two attached hydrogens (primary N) is 1. The van der Waals surface area contributed by atoms with Crippen LogP contribution in [0.2, 0.25) is 0 Å².